The summed E-state index contributed by atoms with van der Waals surface area (Å²) in [5.41, 5.74) is 0.171. The highest BCUT2D eigenvalue weighted by molar-refractivity contribution is 6.34. The smallest absolute Gasteiger partial charge is 0.271 e. The number of hydrogen-bond acceptors (Lipinski definition) is 7. The number of non-ortho nitro benzene ring substituents is 1. The van der Waals surface area contributed by atoms with E-state index in [0.717, 1.165) is 0 Å². The maximum atomic E-state index is 12.0. The Bertz CT molecular complexity index is 749. The molecule has 0 aliphatic heterocycles. The van der Waals surface area contributed by atoms with Crippen molar-refractivity contribution in [3.63, 3.8) is 0 Å². The van der Waals surface area contributed by atoms with Crippen LogP contribution in [0.3, 0.4) is 0 Å². The molecule has 0 saturated carbocycles. The first-order chi connectivity index (χ1) is 11.4. The van der Waals surface area contributed by atoms with Gasteiger partial charge in [0.2, 0.25) is 11.8 Å². The van der Waals surface area contributed by atoms with Gasteiger partial charge in [-0.1, -0.05) is 23.7 Å². The number of nitrogens with zero attached hydrogens (tertiary/aromatic N) is 4. The fourth-order valence-corrected chi connectivity index (χ4v) is 2.16. The molecule has 0 fully saturated rings. The number of hydrogen-bond donors (Lipinski definition) is 1. The summed E-state index contributed by atoms with van der Waals surface area (Å²) in [7, 11) is 1.73. The summed E-state index contributed by atoms with van der Waals surface area (Å²) in [6.45, 7) is 2.31. The summed E-state index contributed by atoms with van der Waals surface area (Å²) in [6.07, 6.45) is 0.673. The largest absolute Gasteiger partial charge is 0.338 e. The summed E-state index contributed by atoms with van der Waals surface area (Å²) in [4.78, 5) is 28.0. The molecule has 9 nitrogen and oxygen atoms in total. The van der Waals surface area contributed by atoms with E-state index in [0.29, 0.717) is 30.4 Å². The molecule has 0 atom stereocenters. The van der Waals surface area contributed by atoms with Crippen molar-refractivity contribution in [2.45, 2.75) is 19.9 Å². The van der Waals surface area contributed by atoms with Crippen LogP contribution < -0.4 is 5.32 Å². The lowest BCUT2D eigenvalue weighted by Crippen LogP contribution is -2.30. The summed E-state index contributed by atoms with van der Waals surface area (Å²) >= 11 is 5.94. The number of nitro benzene ring substituents is 1. The summed E-state index contributed by atoms with van der Waals surface area (Å²) < 4.78 is 5.06. The first-order valence-electron chi connectivity index (χ1n) is 7.12. The Morgan fingerprint density at radius 3 is 2.83 bits per heavy atom. The molecule has 24 heavy (non-hydrogen) atoms. The third kappa shape index (κ3) is 4.74. The van der Waals surface area contributed by atoms with Crippen LogP contribution in [0.5, 0.6) is 0 Å². The molecule has 10 heteroatoms. The van der Waals surface area contributed by atoms with E-state index < -0.39 is 4.92 Å². The number of likely N-dealkylation sites (N-methyl/N-ethyl adjacent to an activating group) is 1. The number of carbonyl (C=O) groups excluding carboxylic acids is 1. The molecular weight excluding hydrogens is 338 g/mol. The summed E-state index contributed by atoms with van der Waals surface area (Å²) in [6, 6.07) is 3.85. The standard InChI is InChI=1S/C14H16ClN5O4/c1-3-12-17-14(24-18-12)8-19(2)7-13(21)16-11-5-4-9(20(22)23)6-10(11)15/h4-6H,3,7-8H2,1-2H3,(H,16,21). The normalized spacial score (nSPS) is 10.8. The minimum absolute atomic E-state index is 0.0666. The number of aromatic nitrogens is 2. The van der Waals surface area contributed by atoms with Gasteiger partial charge in [0.1, 0.15) is 0 Å². The van der Waals surface area contributed by atoms with E-state index in [9.17, 15) is 14.9 Å². The second kappa shape index (κ2) is 7.84. The number of nitro groups is 1. The lowest BCUT2D eigenvalue weighted by Gasteiger charge is -2.14. The molecule has 0 spiro atoms. The molecule has 0 unspecified atom stereocenters. The van der Waals surface area contributed by atoms with E-state index in [2.05, 4.69) is 15.5 Å². The van der Waals surface area contributed by atoms with E-state index in [4.69, 9.17) is 16.1 Å². The van der Waals surface area contributed by atoms with Crippen molar-refractivity contribution < 1.29 is 14.2 Å². The summed E-state index contributed by atoms with van der Waals surface area (Å²) in [5, 5.41) is 17.2. The van der Waals surface area contributed by atoms with Gasteiger partial charge in [-0.3, -0.25) is 19.8 Å². The number of amides is 1. The van der Waals surface area contributed by atoms with E-state index in [1.807, 2.05) is 6.92 Å². The lowest BCUT2D eigenvalue weighted by atomic mass is 10.3. The van der Waals surface area contributed by atoms with Crippen LogP contribution in [0.2, 0.25) is 5.02 Å². The lowest BCUT2D eigenvalue weighted by molar-refractivity contribution is -0.384. The van der Waals surface area contributed by atoms with E-state index in [1.54, 1.807) is 11.9 Å². The van der Waals surface area contributed by atoms with Crippen molar-refractivity contribution in [3.8, 4) is 0 Å². The number of carbonyl (C=O) groups is 1. The molecule has 1 amide bonds. The van der Waals surface area contributed by atoms with Crippen LogP contribution in [-0.2, 0) is 17.8 Å². The molecule has 1 heterocycles. The second-order valence-electron chi connectivity index (χ2n) is 5.10. The number of halogens is 1. The number of anilines is 1. The van der Waals surface area contributed by atoms with Gasteiger partial charge in [0.15, 0.2) is 5.82 Å². The Morgan fingerprint density at radius 1 is 1.50 bits per heavy atom. The van der Waals surface area contributed by atoms with E-state index in [-0.39, 0.29) is 23.2 Å². The van der Waals surface area contributed by atoms with Crippen LogP contribution in [0.1, 0.15) is 18.6 Å². The molecule has 0 aliphatic rings. The molecule has 0 saturated heterocycles. The van der Waals surface area contributed by atoms with Crippen LogP contribution in [0.25, 0.3) is 0 Å². The van der Waals surface area contributed by atoms with Crippen LogP contribution in [0, 0.1) is 10.1 Å². The molecule has 0 radical (unpaired) electrons. The predicted molar refractivity (Wildman–Crippen MR) is 86.7 cm³/mol. The zero-order chi connectivity index (χ0) is 17.7. The van der Waals surface area contributed by atoms with Crippen LogP contribution in [0.4, 0.5) is 11.4 Å². The average Bonchev–Trinajstić information content (AvgIpc) is 2.96. The van der Waals surface area contributed by atoms with Gasteiger partial charge in [-0.2, -0.15) is 4.98 Å². The number of nitrogens with one attached hydrogen (secondary N) is 1. The number of rotatable bonds is 7. The molecule has 2 aromatic rings. The Kier molecular flexibility index (Phi) is 5.83. The van der Waals surface area contributed by atoms with Gasteiger partial charge < -0.3 is 9.84 Å². The van der Waals surface area contributed by atoms with Gasteiger partial charge in [-0.15, -0.1) is 0 Å². The van der Waals surface area contributed by atoms with Crippen molar-refractivity contribution in [3.05, 3.63) is 45.1 Å². The minimum atomic E-state index is -0.555. The fraction of sp³-hybridized carbons (Fsp3) is 0.357. The van der Waals surface area contributed by atoms with Crippen molar-refractivity contribution >= 4 is 28.9 Å². The molecule has 0 aliphatic carbocycles. The Morgan fingerprint density at radius 2 is 2.25 bits per heavy atom. The van der Waals surface area contributed by atoms with Gasteiger partial charge in [-0.05, 0) is 13.1 Å². The molecule has 128 valence electrons. The molecular formula is C14H16ClN5O4. The van der Waals surface area contributed by atoms with Crippen molar-refractivity contribution in [1.29, 1.82) is 0 Å². The maximum absolute atomic E-state index is 12.0. The second-order valence-corrected chi connectivity index (χ2v) is 5.51. The van der Waals surface area contributed by atoms with Crippen molar-refractivity contribution in [1.82, 2.24) is 15.0 Å². The first-order valence-corrected chi connectivity index (χ1v) is 7.50. The van der Waals surface area contributed by atoms with Gasteiger partial charge >= 0.3 is 0 Å². The predicted octanol–water partition coefficient (Wildman–Crippen LogP) is 2.26. The van der Waals surface area contributed by atoms with E-state index in [1.165, 1.54) is 18.2 Å². The van der Waals surface area contributed by atoms with Crippen LogP contribution in [-0.4, -0.2) is 39.5 Å². The quantitative estimate of drug-likeness (QED) is 0.599. The Balaban J connectivity index is 1.91. The number of benzene rings is 1. The van der Waals surface area contributed by atoms with Crippen molar-refractivity contribution in [2.75, 3.05) is 18.9 Å². The fourth-order valence-electron chi connectivity index (χ4n) is 1.94. The SMILES string of the molecule is CCc1noc(CN(C)CC(=O)Nc2ccc([N+](=O)[O-])cc2Cl)n1. The van der Waals surface area contributed by atoms with E-state index >= 15 is 0 Å². The van der Waals surface area contributed by atoms with Gasteiger partial charge in [0.05, 0.1) is 28.7 Å². The highest BCUT2D eigenvalue weighted by atomic mass is 35.5. The van der Waals surface area contributed by atoms with Gasteiger partial charge in [0, 0.05) is 18.6 Å². The highest BCUT2D eigenvalue weighted by Gasteiger charge is 2.14. The van der Waals surface area contributed by atoms with Gasteiger partial charge in [0.25, 0.3) is 5.69 Å². The Labute approximate surface area is 142 Å². The highest BCUT2D eigenvalue weighted by Crippen LogP contribution is 2.26. The van der Waals surface area contributed by atoms with Gasteiger partial charge in [-0.25, -0.2) is 0 Å². The summed E-state index contributed by atoms with van der Waals surface area (Å²) in [5.74, 6) is 0.722. The van der Waals surface area contributed by atoms with Crippen molar-refractivity contribution in [2.24, 2.45) is 0 Å². The monoisotopic (exact) mass is 353 g/mol. The molecule has 1 aromatic carbocycles. The third-order valence-corrected chi connectivity index (χ3v) is 3.40. The zero-order valence-corrected chi connectivity index (χ0v) is 13.9. The third-order valence-electron chi connectivity index (χ3n) is 3.08. The topological polar surface area (TPSA) is 114 Å². The maximum Gasteiger partial charge on any atom is 0.271 e. The molecule has 1 aromatic heterocycles. The first kappa shape index (κ1) is 17.8. The Hall–Kier alpha value is -2.52. The van der Waals surface area contributed by atoms with Crippen LogP contribution in [0.15, 0.2) is 22.7 Å². The number of aryl methyl sites for hydroxylation is 1. The zero-order valence-electron chi connectivity index (χ0n) is 13.2. The minimum Gasteiger partial charge on any atom is -0.338 e. The van der Waals surface area contributed by atoms with Crippen LogP contribution >= 0.6 is 11.6 Å². The molecule has 1 N–H and O–H groups in total. The molecule has 2 rings (SSSR count). The average molecular weight is 354 g/mol. The molecule has 0 bridgehead atoms.